The van der Waals surface area contributed by atoms with Crippen molar-refractivity contribution in [1.82, 2.24) is 9.21 Å². The second-order valence-corrected chi connectivity index (χ2v) is 6.40. The molecule has 0 bridgehead atoms. The largest absolute Gasteiger partial charge is 0.497 e. The van der Waals surface area contributed by atoms with Crippen LogP contribution in [-0.2, 0) is 21.4 Å². The van der Waals surface area contributed by atoms with Crippen LogP contribution in [0, 0.1) is 0 Å². The topological polar surface area (TPSA) is 92.9 Å². The third-order valence-electron chi connectivity index (χ3n) is 3.47. The van der Waals surface area contributed by atoms with E-state index in [0.29, 0.717) is 19.5 Å². The number of hydrogen-bond acceptors (Lipinski definition) is 4. The molecular formula is C13H19N3O4S. The van der Waals surface area contributed by atoms with Crippen LogP contribution >= 0.6 is 0 Å². The normalized spacial score (nSPS) is 16.8. The van der Waals surface area contributed by atoms with Gasteiger partial charge in [0.1, 0.15) is 5.75 Å². The molecule has 1 saturated heterocycles. The molecule has 1 aromatic carbocycles. The molecule has 0 spiro atoms. The Morgan fingerprint density at radius 1 is 1.19 bits per heavy atom. The van der Waals surface area contributed by atoms with Gasteiger partial charge in [0.15, 0.2) is 0 Å². The highest BCUT2D eigenvalue weighted by Gasteiger charge is 2.26. The Kier molecular flexibility index (Phi) is 4.81. The summed E-state index contributed by atoms with van der Waals surface area (Å²) in [5.74, 6) is 0.724. The standard InChI is InChI=1S/C13H19N3O4S/c1-20-12-4-2-11(3-5-12)10-13(17)15-6-8-16(9-7-15)21(14,18)19/h2-5H,6-10H2,1H3,(H2,14,18,19). The van der Waals surface area contributed by atoms with Crippen LogP contribution in [0.25, 0.3) is 0 Å². The lowest BCUT2D eigenvalue weighted by molar-refractivity contribution is -0.131. The highest BCUT2D eigenvalue weighted by Crippen LogP contribution is 2.13. The molecule has 8 heteroatoms. The van der Waals surface area contributed by atoms with Crippen LogP contribution < -0.4 is 9.88 Å². The number of benzene rings is 1. The van der Waals surface area contributed by atoms with Crippen LogP contribution in [0.4, 0.5) is 0 Å². The van der Waals surface area contributed by atoms with Crippen molar-refractivity contribution >= 4 is 16.1 Å². The van der Waals surface area contributed by atoms with Crippen LogP contribution in [0.3, 0.4) is 0 Å². The van der Waals surface area contributed by atoms with Gasteiger partial charge in [0.25, 0.3) is 10.2 Å². The summed E-state index contributed by atoms with van der Waals surface area (Å²) >= 11 is 0. The summed E-state index contributed by atoms with van der Waals surface area (Å²) in [5.41, 5.74) is 0.898. The van der Waals surface area contributed by atoms with Crippen molar-refractivity contribution in [3.8, 4) is 5.75 Å². The van der Waals surface area contributed by atoms with Crippen LogP contribution in [0.2, 0.25) is 0 Å². The summed E-state index contributed by atoms with van der Waals surface area (Å²) in [6, 6.07) is 7.30. The Labute approximate surface area is 124 Å². The molecule has 2 N–H and O–H groups in total. The zero-order valence-electron chi connectivity index (χ0n) is 11.9. The number of amides is 1. The Morgan fingerprint density at radius 3 is 2.24 bits per heavy atom. The first kappa shape index (κ1) is 15.7. The van der Waals surface area contributed by atoms with Crippen LogP contribution in [0.15, 0.2) is 24.3 Å². The number of piperazine rings is 1. The number of hydrogen-bond donors (Lipinski definition) is 1. The number of carbonyl (C=O) groups is 1. The predicted octanol–water partition coefficient (Wildman–Crippen LogP) is -0.415. The molecule has 0 aliphatic carbocycles. The van der Waals surface area contributed by atoms with Gasteiger partial charge in [-0.1, -0.05) is 12.1 Å². The quantitative estimate of drug-likeness (QED) is 0.817. The van der Waals surface area contributed by atoms with Crippen LogP contribution in [0.1, 0.15) is 5.56 Å². The molecule has 0 saturated carbocycles. The summed E-state index contributed by atoms with van der Waals surface area (Å²) in [6.07, 6.45) is 0.291. The van der Waals surface area contributed by atoms with Crippen molar-refractivity contribution in [1.29, 1.82) is 0 Å². The van der Waals surface area contributed by atoms with E-state index >= 15 is 0 Å². The summed E-state index contributed by atoms with van der Waals surface area (Å²) in [5, 5.41) is 5.07. The number of methoxy groups -OCH3 is 1. The summed E-state index contributed by atoms with van der Waals surface area (Å²) < 4.78 is 28.7. The molecule has 2 rings (SSSR count). The van der Waals surface area contributed by atoms with E-state index in [-0.39, 0.29) is 19.0 Å². The van der Waals surface area contributed by atoms with Gasteiger partial charge in [0.05, 0.1) is 13.5 Å². The van der Waals surface area contributed by atoms with Crippen molar-refractivity contribution in [3.05, 3.63) is 29.8 Å². The first-order chi connectivity index (χ1) is 9.90. The molecule has 0 atom stereocenters. The second-order valence-electron chi connectivity index (χ2n) is 4.85. The Balaban J connectivity index is 1.90. The number of nitrogens with zero attached hydrogens (tertiary/aromatic N) is 2. The number of ether oxygens (including phenoxy) is 1. The summed E-state index contributed by atoms with van der Waals surface area (Å²) in [4.78, 5) is 13.8. The Morgan fingerprint density at radius 2 is 1.76 bits per heavy atom. The van der Waals surface area contributed by atoms with Crippen LogP contribution in [0.5, 0.6) is 5.75 Å². The highest BCUT2D eigenvalue weighted by atomic mass is 32.2. The van der Waals surface area contributed by atoms with Crippen molar-refractivity contribution in [2.45, 2.75) is 6.42 Å². The van der Waals surface area contributed by atoms with E-state index in [2.05, 4.69) is 0 Å². The first-order valence-electron chi connectivity index (χ1n) is 6.59. The van der Waals surface area contributed by atoms with E-state index in [1.165, 1.54) is 4.31 Å². The van der Waals surface area contributed by atoms with Crippen LogP contribution in [-0.4, -0.2) is 56.8 Å². The molecule has 0 aromatic heterocycles. The molecule has 1 aromatic rings. The molecule has 1 heterocycles. The molecular weight excluding hydrogens is 294 g/mol. The van der Waals surface area contributed by atoms with Gasteiger partial charge >= 0.3 is 0 Å². The molecule has 0 unspecified atom stereocenters. The zero-order chi connectivity index (χ0) is 15.5. The lowest BCUT2D eigenvalue weighted by atomic mass is 10.1. The lowest BCUT2D eigenvalue weighted by Gasteiger charge is -2.33. The molecule has 1 amide bonds. The minimum absolute atomic E-state index is 0.0192. The van der Waals surface area contributed by atoms with Crippen molar-refractivity contribution in [3.63, 3.8) is 0 Å². The monoisotopic (exact) mass is 313 g/mol. The Hall–Kier alpha value is -1.64. The summed E-state index contributed by atoms with van der Waals surface area (Å²) in [7, 11) is -2.07. The smallest absolute Gasteiger partial charge is 0.277 e. The SMILES string of the molecule is COc1ccc(CC(=O)N2CCN(S(N)(=O)=O)CC2)cc1. The van der Waals surface area contributed by atoms with Gasteiger partial charge in [0.2, 0.25) is 5.91 Å². The fourth-order valence-corrected chi connectivity index (χ4v) is 2.89. The maximum Gasteiger partial charge on any atom is 0.277 e. The first-order valence-corrected chi connectivity index (χ1v) is 8.09. The van der Waals surface area contributed by atoms with Gasteiger partial charge in [-0.25, -0.2) is 5.14 Å². The molecule has 7 nitrogen and oxygen atoms in total. The average Bonchev–Trinajstić information content (AvgIpc) is 2.47. The van der Waals surface area contributed by atoms with Crippen molar-refractivity contribution in [2.75, 3.05) is 33.3 Å². The summed E-state index contributed by atoms with van der Waals surface area (Å²) in [6.45, 7) is 1.22. The molecule has 0 radical (unpaired) electrons. The molecule has 116 valence electrons. The lowest BCUT2D eigenvalue weighted by Crippen LogP contribution is -2.52. The third kappa shape index (κ3) is 4.16. The minimum atomic E-state index is -3.66. The number of nitrogens with two attached hydrogens (primary N) is 1. The predicted molar refractivity (Wildman–Crippen MR) is 78.0 cm³/mol. The van der Waals surface area contributed by atoms with Gasteiger partial charge < -0.3 is 9.64 Å². The molecule has 1 fully saturated rings. The second kappa shape index (κ2) is 6.42. The maximum atomic E-state index is 12.2. The molecule has 1 aliphatic heterocycles. The molecule has 1 aliphatic rings. The average molecular weight is 313 g/mol. The fourth-order valence-electron chi connectivity index (χ4n) is 2.22. The zero-order valence-corrected chi connectivity index (χ0v) is 12.7. The van der Waals surface area contributed by atoms with Crippen molar-refractivity contribution in [2.24, 2.45) is 5.14 Å². The fraction of sp³-hybridized carbons (Fsp3) is 0.462. The van der Waals surface area contributed by atoms with E-state index in [9.17, 15) is 13.2 Å². The van der Waals surface area contributed by atoms with Gasteiger partial charge in [-0.15, -0.1) is 0 Å². The Bertz CT molecular complexity index is 592. The number of rotatable bonds is 4. The van der Waals surface area contributed by atoms with E-state index in [1.54, 1.807) is 12.0 Å². The van der Waals surface area contributed by atoms with Crippen molar-refractivity contribution < 1.29 is 17.9 Å². The van der Waals surface area contributed by atoms with Gasteiger partial charge in [-0.05, 0) is 17.7 Å². The van der Waals surface area contributed by atoms with Gasteiger partial charge in [-0.3, -0.25) is 4.79 Å². The van der Waals surface area contributed by atoms with Gasteiger partial charge in [-0.2, -0.15) is 12.7 Å². The van der Waals surface area contributed by atoms with E-state index in [1.807, 2.05) is 24.3 Å². The van der Waals surface area contributed by atoms with E-state index < -0.39 is 10.2 Å². The molecule has 21 heavy (non-hydrogen) atoms. The highest BCUT2D eigenvalue weighted by molar-refractivity contribution is 7.86. The number of carbonyl (C=O) groups excluding carboxylic acids is 1. The maximum absolute atomic E-state index is 12.2. The van der Waals surface area contributed by atoms with Gasteiger partial charge in [0, 0.05) is 26.2 Å². The van der Waals surface area contributed by atoms with E-state index in [4.69, 9.17) is 9.88 Å². The third-order valence-corrected chi connectivity index (χ3v) is 4.55. The minimum Gasteiger partial charge on any atom is -0.497 e. The van der Waals surface area contributed by atoms with E-state index in [0.717, 1.165) is 11.3 Å².